The second-order valence-electron chi connectivity index (χ2n) is 2.08. The van der Waals surface area contributed by atoms with Crippen LogP contribution in [-0.4, -0.2) is 22.4 Å². The second-order valence-corrected chi connectivity index (χ2v) is 3.09. The largest absolute Gasteiger partial charge is 0.368 e. The number of thiazole rings is 1. The van der Waals surface area contributed by atoms with Gasteiger partial charge in [-0.1, -0.05) is 0 Å². The van der Waals surface area contributed by atoms with Crippen LogP contribution in [0.25, 0.3) is 0 Å². The summed E-state index contributed by atoms with van der Waals surface area (Å²) in [4.78, 5) is 23.6. The van der Waals surface area contributed by atoms with Crippen molar-refractivity contribution in [3.05, 3.63) is 16.3 Å². The van der Waals surface area contributed by atoms with Gasteiger partial charge in [-0.25, -0.2) is 4.98 Å². The molecule has 0 aliphatic heterocycles. The number of nitrogens with one attached hydrogen (secondary N) is 1. The van der Waals surface area contributed by atoms with Crippen LogP contribution in [0.1, 0.15) is 0 Å². The number of primary amides is 1. The summed E-state index contributed by atoms with van der Waals surface area (Å²) < 4.78 is 0. The first kappa shape index (κ1) is 9.39. The topological polar surface area (TPSA) is 111 Å². The highest BCUT2D eigenvalue weighted by Crippen LogP contribution is 2.24. The number of aromatic nitrogens is 1. The molecule has 7 nitrogen and oxygen atoms in total. The van der Waals surface area contributed by atoms with E-state index in [9.17, 15) is 14.9 Å². The zero-order valence-corrected chi connectivity index (χ0v) is 7.21. The molecule has 0 fully saturated rings. The minimum atomic E-state index is -0.548. The van der Waals surface area contributed by atoms with E-state index in [1.54, 1.807) is 0 Å². The quantitative estimate of drug-likeness (QED) is 0.525. The number of nitrogens with two attached hydrogens (primary N) is 1. The molecule has 0 spiro atoms. The Kier molecular flexibility index (Phi) is 2.75. The molecule has 70 valence electrons. The summed E-state index contributed by atoms with van der Waals surface area (Å²) in [6, 6.07) is 0. The minimum absolute atomic E-state index is 0.0769. The smallest absolute Gasteiger partial charge is 0.345 e. The fourth-order valence-corrected chi connectivity index (χ4v) is 1.22. The van der Waals surface area contributed by atoms with Crippen LogP contribution in [-0.2, 0) is 4.79 Å². The maximum absolute atomic E-state index is 10.3. The van der Waals surface area contributed by atoms with E-state index < -0.39 is 10.8 Å². The molecule has 0 unspecified atom stereocenters. The Bertz CT molecular complexity index is 336. The van der Waals surface area contributed by atoms with Gasteiger partial charge in [0, 0.05) is 0 Å². The average Bonchev–Trinajstić information content (AvgIpc) is 2.48. The van der Waals surface area contributed by atoms with E-state index in [4.69, 9.17) is 5.73 Å². The summed E-state index contributed by atoms with van der Waals surface area (Å²) in [6.45, 7) is -0.0787. The second kappa shape index (κ2) is 3.81. The number of amides is 1. The molecule has 0 saturated carbocycles. The predicted octanol–water partition coefficient (Wildman–Crippen LogP) is -0.0515. The van der Waals surface area contributed by atoms with Gasteiger partial charge in [0.15, 0.2) is 5.13 Å². The van der Waals surface area contributed by atoms with Gasteiger partial charge in [-0.2, -0.15) is 0 Å². The van der Waals surface area contributed by atoms with Crippen LogP contribution < -0.4 is 11.1 Å². The fourth-order valence-electron chi connectivity index (χ4n) is 0.594. The maximum atomic E-state index is 10.3. The van der Waals surface area contributed by atoms with Crippen molar-refractivity contribution in [1.29, 1.82) is 0 Å². The Morgan fingerprint density at radius 3 is 3.00 bits per heavy atom. The molecule has 1 aromatic heterocycles. The van der Waals surface area contributed by atoms with Crippen molar-refractivity contribution in [2.75, 3.05) is 11.9 Å². The molecule has 1 amide bonds. The van der Waals surface area contributed by atoms with Crippen molar-refractivity contribution in [3.8, 4) is 0 Å². The number of carbonyl (C=O) groups is 1. The van der Waals surface area contributed by atoms with Crippen molar-refractivity contribution >= 4 is 27.4 Å². The Morgan fingerprint density at radius 2 is 2.54 bits per heavy atom. The number of anilines is 1. The number of hydrogen-bond acceptors (Lipinski definition) is 6. The summed E-state index contributed by atoms with van der Waals surface area (Å²) in [5, 5.41) is 13.0. The first-order valence-electron chi connectivity index (χ1n) is 3.22. The molecule has 1 aromatic rings. The fraction of sp³-hybridized carbons (Fsp3) is 0.200. The molecule has 0 saturated heterocycles. The van der Waals surface area contributed by atoms with Crippen molar-refractivity contribution in [2.45, 2.75) is 0 Å². The number of nitrogens with zero attached hydrogens (tertiary/aromatic N) is 2. The molecule has 13 heavy (non-hydrogen) atoms. The van der Waals surface area contributed by atoms with Gasteiger partial charge in [0.2, 0.25) is 5.91 Å². The van der Waals surface area contributed by atoms with E-state index >= 15 is 0 Å². The number of hydrogen-bond donors (Lipinski definition) is 2. The van der Waals surface area contributed by atoms with Crippen LogP contribution in [0.2, 0.25) is 0 Å². The van der Waals surface area contributed by atoms with Gasteiger partial charge in [-0.15, -0.1) is 0 Å². The van der Waals surface area contributed by atoms with Crippen molar-refractivity contribution in [3.63, 3.8) is 0 Å². The zero-order valence-electron chi connectivity index (χ0n) is 6.39. The van der Waals surface area contributed by atoms with Gasteiger partial charge in [-0.05, 0) is 11.3 Å². The van der Waals surface area contributed by atoms with Gasteiger partial charge in [-0.3, -0.25) is 14.9 Å². The summed E-state index contributed by atoms with van der Waals surface area (Å²) in [5.74, 6) is -0.544. The average molecular weight is 202 g/mol. The minimum Gasteiger partial charge on any atom is -0.368 e. The molecule has 8 heteroatoms. The third-order valence-corrected chi connectivity index (χ3v) is 1.99. The van der Waals surface area contributed by atoms with Crippen LogP contribution in [0.3, 0.4) is 0 Å². The van der Waals surface area contributed by atoms with Crippen molar-refractivity contribution in [2.24, 2.45) is 5.73 Å². The van der Waals surface area contributed by atoms with Crippen LogP contribution in [0.5, 0.6) is 0 Å². The van der Waals surface area contributed by atoms with Crippen molar-refractivity contribution in [1.82, 2.24) is 4.98 Å². The molecule has 0 aromatic carbocycles. The highest BCUT2D eigenvalue weighted by molar-refractivity contribution is 7.18. The molecule has 0 radical (unpaired) electrons. The molecule has 0 atom stereocenters. The summed E-state index contributed by atoms with van der Waals surface area (Å²) in [7, 11) is 0. The Hall–Kier alpha value is -1.70. The number of rotatable bonds is 4. The first-order chi connectivity index (χ1) is 6.09. The highest BCUT2D eigenvalue weighted by Gasteiger charge is 2.10. The van der Waals surface area contributed by atoms with E-state index in [0.717, 1.165) is 17.5 Å². The number of nitro groups is 1. The Morgan fingerprint density at radius 1 is 1.85 bits per heavy atom. The van der Waals surface area contributed by atoms with Crippen molar-refractivity contribution < 1.29 is 9.72 Å². The molecule has 0 aliphatic carbocycles. The van der Waals surface area contributed by atoms with E-state index in [2.05, 4.69) is 10.3 Å². The molecule has 0 aliphatic rings. The van der Waals surface area contributed by atoms with Crippen LogP contribution in [0.15, 0.2) is 6.20 Å². The molecule has 1 rings (SSSR count). The summed E-state index contributed by atoms with van der Waals surface area (Å²) >= 11 is 0.854. The van der Waals surface area contributed by atoms with E-state index in [1.165, 1.54) is 0 Å². The van der Waals surface area contributed by atoms with E-state index in [1.807, 2.05) is 0 Å². The lowest BCUT2D eigenvalue weighted by Gasteiger charge is -1.94. The normalized spacial score (nSPS) is 9.54. The first-order valence-corrected chi connectivity index (χ1v) is 4.03. The zero-order chi connectivity index (χ0) is 9.84. The van der Waals surface area contributed by atoms with Crippen LogP contribution in [0, 0.1) is 10.1 Å². The molecule has 0 bridgehead atoms. The van der Waals surface area contributed by atoms with Crippen LogP contribution in [0.4, 0.5) is 10.1 Å². The van der Waals surface area contributed by atoms with E-state index in [-0.39, 0.29) is 11.5 Å². The van der Waals surface area contributed by atoms with Gasteiger partial charge >= 0.3 is 5.00 Å². The number of carbonyl (C=O) groups excluding carboxylic acids is 1. The highest BCUT2D eigenvalue weighted by atomic mass is 32.1. The molecular weight excluding hydrogens is 196 g/mol. The monoisotopic (exact) mass is 202 g/mol. The van der Waals surface area contributed by atoms with Gasteiger partial charge < -0.3 is 11.1 Å². The lowest BCUT2D eigenvalue weighted by molar-refractivity contribution is -0.380. The molecule has 3 N–H and O–H groups in total. The lowest BCUT2D eigenvalue weighted by Crippen LogP contribution is -2.21. The van der Waals surface area contributed by atoms with Gasteiger partial charge in [0.05, 0.1) is 11.5 Å². The third-order valence-electron chi connectivity index (χ3n) is 1.09. The summed E-state index contributed by atoms with van der Waals surface area (Å²) in [6.07, 6.45) is 1.12. The van der Waals surface area contributed by atoms with Crippen LogP contribution >= 0.6 is 11.3 Å². The third kappa shape index (κ3) is 2.67. The van der Waals surface area contributed by atoms with E-state index in [0.29, 0.717) is 5.13 Å². The lowest BCUT2D eigenvalue weighted by atomic mass is 10.6. The standard InChI is InChI=1S/C5H6N4O3S/c6-3(10)1-7-5-8-2-4(13-5)9(11)12/h2H,1H2,(H2,6,10)(H,7,8). The Balaban J connectivity index is 2.59. The maximum Gasteiger partial charge on any atom is 0.345 e. The van der Waals surface area contributed by atoms with Gasteiger partial charge in [0.1, 0.15) is 6.20 Å². The van der Waals surface area contributed by atoms with Gasteiger partial charge in [0.25, 0.3) is 0 Å². The molecule has 1 heterocycles. The molecular formula is C5H6N4O3S. The Labute approximate surface area is 76.7 Å². The SMILES string of the molecule is NC(=O)CNc1ncc([N+](=O)[O-])s1. The summed E-state index contributed by atoms with van der Waals surface area (Å²) in [5.41, 5.74) is 4.85. The predicted molar refractivity (Wildman–Crippen MR) is 46.5 cm³/mol.